The molecule has 0 rings (SSSR count). The van der Waals surface area contributed by atoms with E-state index in [1.54, 1.807) is 0 Å². The number of hydrogen-bond acceptors (Lipinski definition) is 5. The predicted molar refractivity (Wildman–Crippen MR) is 227 cm³/mol. The zero-order valence-corrected chi connectivity index (χ0v) is 34.6. The molecule has 3 atom stereocenters. The van der Waals surface area contributed by atoms with Gasteiger partial charge in [-0.1, -0.05) is 210 Å². The summed E-state index contributed by atoms with van der Waals surface area (Å²) in [6.45, 7) is 6.28. The topological polar surface area (TPSA) is 95.9 Å². The molecule has 0 spiro atoms. The number of carbonyl (C=O) groups is 2. The third-order valence-corrected chi connectivity index (χ3v) is 9.74. The van der Waals surface area contributed by atoms with Gasteiger partial charge < -0.3 is 20.3 Å². The van der Waals surface area contributed by atoms with Crippen molar-refractivity contribution in [2.45, 2.75) is 219 Å². The van der Waals surface area contributed by atoms with Crippen molar-refractivity contribution >= 4 is 11.9 Å². The van der Waals surface area contributed by atoms with Crippen molar-refractivity contribution in [3.8, 4) is 0 Å². The molecule has 1 amide bonds. The fourth-order valence-electron chi connectivity index (χ4n) is 6.40. The minimum Gasteiger partial charge on any atom is -0.462 e. The second-order valence-electron chi connectivity index (χ2n) is 14.8. The van der Waals surface area contributed by atoms with E-state index in [2.05, 4.69) is 32.2 Å². The number of aliphatic hydroxyl groups is 2. The van der Waals surface area contributed by atoms with E-state index >= 15 is 0 Å². The monoisotopic (exact) mass is 742 g/mol. The molecule has 3 N–H and O–H groups in total. The molecule has 0 bridgehead atoms. The predicted octanol–water partition coefficient (Wildman–Crippen LogP) is 12.5. The standard InChI is InChI=1S/C47H83NO5/c1-4-7-10-13-16-19-21-23-25-28-31-34-37-40-47(52)53-43(38-35-32-29-27-24-22-20-17-14-11-8-5-2)41-46(51)48-44(42-49)45(50)39-36-33-30-26-18-15-12-9-6-3/h7,10,13,16,19,21,23,25,28,31,43-45,49-50H,4-6,8-9,11-12,14-15,17-18,20,22,24,26-27,29-30,32-42H2,1-3H3,(H,48,51)/b10-7+,16-13+,21-19-,25-23-,31-28+. The lowest BCUT2D eigenvalue weighted by molar-refractivity contribution is -0.151. The van der Waals surface area contributed by atoms with Gasteiger partial charge in [0.15, 0.2) is 0 Å². The highest BCUT2D eigenvalue weighted by atomic mass is 16.5. The van der Waals surface area contributed by atoms with Crippen LogP contribution in [0.3, 0.4) is 0 Å². The summed E-state index contributed by atoms with van der Waals surface area (Å²) in [5.74, 6) is -0.565. The van der Waals surface area contributed by atoms with E-state index < -0.39 is 18.2 Å². The SMILES string of the molecule is CC/C=C/C=C/C=C\C=C/C=C/CCCC(=O)OC(CCCCCCCCCCCCCC)CC(=O)NC(CO)C(O)CCCCCCCCCCC. The molecule has 0 aromatic carbocycles. The highest BCUT2D eigenvalue weighted by Crippen LogP contribution is 2.17. The normalized spacial score (nSPS) is 14.0. The molecule has 6 nitrogen and oxygen atoms in total. The lowest BCUT2D eigenvalue weighted by Gasteiger charge is -2.24. The molecular weight excluding hydrogens is 659 g/mol. The van der Waals surface area contributed by atoms with Gasteiger partial charge in [-0.05, 0) is 38.5 Å². The van der Waals surface area contributed by atoms with Crippen molar-refractivity contribution in [3.05, 3.63) is 60.8 Å². The van der Waals surface area contributed by atoms with Gasteiger partial charge in [0, 0.05) is 6.42 Å². The summed E-state index contributed by atoms with van der Waals surface area (Å²) in [5, 5.41) is 23.5. The first-order valence-electron chi connectivity index (χ1n) is 22.1. The Kier molecular flexibility index (Phi) is 38.9. The van der Waals surface area contributed by atoms with Crippen LogP contribution in [0.1, 0.15) is 201 Å². The van der Waals surface area contributed by atoms with Crippen LogP contribution in [0.15, 0.2) is 60.8 Å². The Balaban J connectivity index is 4.73. The van der Waals surface area contributed by atoms with Gasteiger partial charge in [0.1, 0.15) is 6.10 Å². The summed E-state index contributed by atoms with van der Waals surface area (Å²) in [6.07, 6.45) is 48.5. The Morgan fingerprint density at radius 1 is 0.566 bits per heavy atom. The first-order valence-corrected chi connectivity index (χ1v) is 22.1. The smallest absolute Gasteiger partial charge is 0.306 e. The van der Waals surface area contributed by atoms with Crippen LogP contribution >= 0.6 is 0 Å². The number of esters is 1. The Bertz CT molecular complexity index is 968. The van der Waals surface area contributed by atoms with E-state index in [9.17, 15) is 19.8 Å². The quantitative estimate of drug-likeness (QED) is 0.0333. The molecular formula is C47H83NO5. The van der Waals surface area contributed by atoms with Gasteiger partial charge in [-0.2, -0.15) is 0 Å². The van der Waals surface area contributed by atoms with Crippen molar-refractivity contribution in [2.75, 3.05) is 6.61 Å². The van der Waals surface area contributed by atoms with Gasteiger partial charge in [0.25, 0.3) is 0 Å². The molecule has 0 aliphatic carbocycles. The number of hydrogen-bond donors (Lipinski definition) is 3. The number of rotatable bonds is 38. The molecule has 0 saturated heterocycles. The van der Waals surface area contributed by atoms with Crippen molar-refractivity contribution in [2.24, 2.45) is 0 Å². The number of amides is 1. The van der Waals surface area contributed by atoms with E-state index in [1.807, 2.05) is 54.7 Å². The molecule has 306 valence electrons. The average molecular weight is 742 g/mol. The number of carbonyl (C=O) groups excluding carboxylic acids is 2. The number of allylic oxidation sites excluding steroid dienone is 10. The van der Waals surface area contributed by atoms with Gasteiger partial charge in [-0.3, -0.25) is 9.59 Å². The second-order valence-corrected chi connectivity index (χ2v) is 14.8. The highest BCUT2D eigenvalue weighted by Gasteiger charge is 2.24. The second kappa shape index (κ2) is 40.7. The average Bonchev–Trinajstić information content (AvgIpc) is 3.15. The highest BCUT2D eigenvalue weighted by molar-refractivity contribution is 5.77. The lowest BCUT2D eigenvalue weighted by Crippen LogP contribution is -2.46. The maximum Gasteiger partial charge on any atom is 0.306 e. The third-order valence-electron chi connectivity index (χ3n) is 9.74. The minimum absolute atomic E-state index is 0.0489. The van der Waals surface area contributed by atoms with Crippen LogP contribution in [-0.4, -0.2) is 46.9 Å². The Morgan fingerprint density at radius 2 is 1.00 bits per heavy atom. The van der Waals surface area contributed by atoms with Crippen LogP contribution in [0.25, 0.3) is 0 Å². The fraction of sp³-hybridized carbons (Fsp3) is 0.745. The molecule has 0 heterocycles. The van der Waals surface area contributed by atoms with E-state index in [4.69, 9.17) is 4.74 Å². The van der Waals surface area contributed by atoms with Crippen LogP contribution in [-0.2, 0) is 14.3 Å². The van der Waals surface area contributed by atoms with Gasteiger partial charge >= 0.3 is 5.97 Å². The molecule has 0 radical (unpaired) electrons. The van der Waals surface area contributed by atoms with Gasteiger partial charge in [-0.25, -0.2) is 0 Å². The fourth-order valence-corrected chi connectivity index (χ4v) is 6.40. The van der Waals surface area contributed by atoms with Gasteiger partial charge in [-0.15, -0.1) is 0 Å². The summed E-state index contributed by atoms with van der Waals surface area (Å²) in [7, 11) is 0. The van der Waals surface area contributed by atoms with E-state index in [1.165, 1.54) is 96.3 Å². The molecule has 0 aliphatic heterocycles. The number of unbranched alkanes of at least 4 members (excludes halogenated alkanes) is 20. The third kappa shape index (κ3) is 36.3. The number of nitrogens with one attached hydrogen (secondary N) is 1. The van der Waals surface area contributed by atoms with Crippen LogP contribution in [0, 0.1) is 0 Å². The molecule has 0 fully saturated rings. The molecule has 6 heteroatoms. The van der Waals surface area contributed by atoms with Crippen LogP contribution in [0.4, 0.5) is 0 Å². The van der Waals surface area contributed by atoms with Crippen molar-refractivity contribution < 1.29 is 24.5 Å². The maximum atomic E-state index is 13.1. The van der Waals surface area contributed by atoms with E-state index in [0.717, 1.165) is 51.4 Å². The Morgan fingerprint density at radius 3 is 1.47 bits per heavy atom. The summed E-state index contributed by atoms with van der Waals surface area (Å²) in [5.41, 5.74) is 0. The van der Waals surface area contributed by atoms with Crippen molar-refractivity contribution in [1.29, 1.82) is 0 Å². The zero-order chi connectivity index (χ0) is 38.9. The lowest BCUT2D eigenvalue weighted by atomic mass is 10.0. The van der Waals surface area contributed by atoms with Crippen LogP contribution in [0.2, 0.25) is 0 Å². The van der Waals surface area contributed by atoms with E-state index in [-0.39, 0.29) is 24.9 Å². The minimum atomic E-state index is -0.797. The zero-order valence-electron chi connectivity index (χ0n) is 34.6. The van der Waals surface area contributed by atoms with Gasteiger partial charge in [0.05, 0.1) is 25.2 Å². The van der Waals surface area contributed by atoms with Crippen molar-refractivity contribution in [3.63, 3.8) is 0 Å². The van der Waals surface area contributed by atoms with E-state index in [0.29, 0.717) is 25.7 Å². The first-order chi connectivity index (χ1) is 26.0. The van der Waals surface area contributed by atoms with Crippen molar-refractivity contribution in [1.82, 2.24) is 5.32 Å². The van der Waals surface area contributed by atoms with Crippen LogP contribution < -0.4 is 5.32 Å². The molecule has 0 aromatic rings. The summed E-state index contributed by atoms with van der Waals surface area (Å²) < 4.78 is 5.85. The molecule has 3 unspecified atom stereocenters. The summed E-state index contributed by atoms with van der Waals surface area (Å²) in [6, 6.07) is -0.713. The molecule has 0 saturated carbocycles. The molecule has 0 aliphatic rings. The van der Waals surface area contributed by atoms with Crippen LogP contribution in [0.5, 0.6) is 0 Å². The number of ether oxygens (including phenoxy) is 1. The Labute approximate surface area is 327 Å². The maximum absolute atomic E-state index is 13.1. The Hall–Kier alpha value is -2.44. The number of aliphatic hydroxyl groups excluding tert-OH is 2. The van der Waals surface area contributed by atoms with Gasteiger partial charge in [0.2, 0.25) is 5.91 Å². The summed E-state index contributed by atoms with van der Waals surface area (Å²) >= 11 is 0. The first kappa shape index (κ1) is 50.6. The molecule has 53 heavy (non-hydrogen) atoms. The molecule has 0 aromatic heterocycles. The largest absolute Gasteiger partial charge is 0.462 e. The summed E-state index contributed by atoms with van der Waals surface area (Å²) in [4.78, 5) is 25.9.